The lowest BCUT2D eigenvalue weighted by molar-refractivity contribution is 0.141. The van der Waals surface area contributed by atoms with Crippen molar-refractivity contribution in [2.75, 3.05) is 5.75 Å². The Bertz CT molecular complexity index is 537. The second kappa shape index (κ2) is 6.90. The Morgan fingerprint density at radius 1 is 1.25 bits per heavy atom. The predicted octanol–water partition coefficient (Wildman–Crippen LogP) is 3.72. The molecular weight excluding hydrogens is 272 g/mol. The topological polar surface area (TPSA) is 59.2 Å². The average molecular weight is 292 g/mol. The van der Waals surface area contributed by atoms with Crippen molar-refractivity contribution in [2.24, 2.45) is 0 Å². The minimum absolute atomic E-state index is 0.105. The first-order chi connectivity index (χ1) is 9.65. The van der Waals surface area contributed by atoms with E-state index in [9.17, 15) is 5.11 Å². The molecule has 2 aromatic rings. The van der Waals surface area contributed by atoms with Crippen LogP contribution in [0.5, 0.6) is 0 Å². The smallest absolute Gasteiger partial charge is 0.232 e. The maximum Gasteiger partial charge on any atom is 0.232 e. The maximum absolute atomic E-state index is 9.71. The van der Waals surface area contributed by atoms with Crippen molar-refractivity contribution in [2.45, 2.75) is 44.1 Å². The zero-order valence-electron chi connectivity index (χ0n) is 12.0. The van der Waals surface area contributed by atoms with E-state index >= 15 is 0 Å². The summed E-state index contributed by atoms with van der Waals surface area (Å²) in [5, 5.41) is 13.7. The highest BCUT2D eigenvalue weighted by atomic mass is 32.2. The number of nitrogens with zero attached hydrogens (tertiary/aromatic N) is 2. The molecule has 2 atom stereocenters. The Kier molecular flexibility index (Phi) is 5.20. The van der Waals surface area contributed by atoms with E-state index < -0.39 is 6.10 Å². The molecule has 0 radical (unpaired) electrons. The van der Waals surface area contributed by atoms with Crippen LogP contribution in [0.4, 0.5) is 0 Å². The van der Waals surface area contributed by atoms with Gasteiger partial charge in [-0.25, -0.2) is 0 Å². The van der Waals surface area contributed by atoms with Crippen LogP contribution in [0.25, 0.3) is 11.4 Å². The molecule has 0 aliphatic heterocycles. The third-order valence-corrected chi connectivity index (χ3v) is 4.10. The number of hydrogen-bond donors (Lipinski definition) is 1. The molecule has 4 nitrogen and oxygen atoms in total. The van der Waals surface area contributed by atoms with Crippen LogP contribution in [0, 0.1) is 0 Å². The summed E-state index contributed by atoms with van der Waals surface area (Å²) in [5.74, 6) is 2.03. The number of aliphatic hydroxyl groups excluding tert-OH is 1. The summed E-state index contributed by atoms with van der Waals surface area (Å²) in [6, 6.07) is 8.11. The molecule has 0 saturated heterocycles. The number of thioether (sulfide) groups is 1. The van der Waals surface area contributed by atoms with Crippen molar-refractivity contribution in [3.05, 3.63) is 30.2 Å². The SMILES string of the molecule is CCSc1ccc(-c2noc(C(CC)C(C)O)n2)cc1. The minimum Gasteiger partial charge on any atom is -0.393 e. The molecule has 0 saturated carbocycles. The Morgan fingerprint density at radius 3 is 2.50 bits per heavy atom. The summed E-state index contributed by atoms with van der Waals surface area (Å²) < 4.78 is 5.28. The van der Waals surface area contributed by atoms with Gasteiger partial charge in [0.1, 0.15) is 0 Å². The first-order valence-corrected chi connectivity index (χ1v) is 7.89. The molecule has 0 spiro atoms. The fourth-order valence-electron chi connectivity index (χ4n) is 2.09. The van der Waals surface area contributed by atoms with Gasteiger partial charge in [0.05, 0.1) is 12.0 Å². The molecule has 5 heteroatoms. The van der Waals surface area contributed by atoms with E-state index in [1.165, 1.54) is 4.90 Å². The number of hydrogen-bond acceptors (Lipinski definition) is 5. The van der Waals surface area contributed by atoms with Gasteiger partial charge in [-0.2, -0.15) is 4.98 Å². The molecule has 1 aromatic carbocycles. The van der Waals surface area contributed by atoms with E-state index in [1.807, 2.05) is 19.1 Å². The molecule has 2 rings (SSSR count). The quantitative estimate of drug-likeness (QED) is 0.822. The molecule has 108 valence electrons. The monoisotopic (exact) mass is 292 g/mol. The Labute approximate surface area is 123 Å². The fraction of sp³-hybridized carbons (Fsp3) is 0.467. The number of aliphatic hydroxyl groups is 1. The third-order valence-electron chi connectivity index (χ3n) is 3.20. The van der Waals surface area contributed by atoms with Crippen LogP contribution < -0.4 is 0 Å². The number of aromatic nitrogens is 2. The molecule has 0 aliphatic rings. The van der Waals surface area contributed by atoms with Gasteiger partial charge in [-0.1, -0.05) is 19.0 Å². The molecule has 1 aromatic heterocycles. The largest absolute Gasteiger partial charge is 0.393 e. The van der Waals surface area contributed by atoms with E-state index in [1.54, 1.807) is 18.7 Å². The van der Waals surface area contributed by atoms with Gasteiger partial charge in [0.15, 0.2) is 0 Å². The van der Waals surface area contributed by atoms with Crippen LogP contribution >= 0.6 is 11.8 Å². The summed E-state index contributed by atoms with van der Waals surface area (Å²) in [6.07, 6.45) is 0.280. The fourth-order valence-corrected chi connectivity index (χ4v) is 2.75. The minimum atomic E-state index is -0.489. The summed E-state index contributed by atoms with van der Waals surface area (Å²) in [5.41, 5.74) is 0.931. The second-order valence-corrected chi connectivity index (χ2v) is 6.01. The lowest BCUT2D eigenvalue weighted by Gasteiger charge is -2.12. The first kappa shape index (κ1) is 15.1. The van der Waals surface area contributed by atoms with Gasteiger partial charge in [0.25, 0.3) is 0 Å². The van der Waals surface area contributed by atoms with E-state index in [0.29, 0.717) is 11.7 Å². The van der Waals surface area contributed by atoms with Crippen molar-refractivity contribution in [1.82, 2.24) is 10.1 Å². The van der Waals surface area contributed by atoms with Crippen molar-refractivity contribution >= 4 is 11.8 Å². The van der Waals surface area contributed by atoms with Gasteiger partial charge in [-0.3, -0.25) is 0 Å². The summed E-state index contributed by atoms with van der Waals surface area (Å²) >= 11 is 1.80. The molecule has 0 fully saturated rings. The van der Waals surface area contributed by atoms with Gasteiger partial charge < -0.3 is 9.63 Å². The lowest BCUT2D eigenvalue weighted by Crippen LogP contribution is -2.13. The van der Waals surface area contributed by atoms with Gasteiger partial charge in [0.2, 0.25) is 11.7 Å². The Balaban J connectivity index is 2.19. The van der Waals surface area contributed by atoms with Crippen molar-refractivity contribution in [3.8, 4) is 11.4 Å². The van der Waals surface area contributed by atoms with Gasteiger partial charge >= 0.3 is 0 Å². The molecule has 0 aliphatic carbocycles. The van der Waals surface area contributed by atoms with E-state index in [0.717, 1.165) is 17.7 Å². The molecule has 1 N–H and O–H groups in total. The van der Waals surface area contributed by atoms with Crippen molar-refractivity contribution in [1.29, 1.82) is 0 Å². The average Bonchev–Trinajstić information content (AvgIpc) is 2.90. The van der Waals surface area contributed by atoms with Gasteiger partial charge in [-0.05, 0) is 43.4 Å². The number of rotatable bonds is 6. The zero-order valence-corrected chi connectivity index (χ0v) is 12.9. The van der Waals surface area contributed by atoms with Crippen LogP contribution in [0.1, 0.15) is 39.0 Å². The highest BCUT2D eigenvalue weighted by Crippen LogP contribution is 2.26. The second-order valence-electron chi connectivity index (χ2n) is 4.67. The van der Waals surface area contributed by atoms with E-state index in [-0.39, 0.29) is 5.92 Å². The molecule has 0 amide bonds. The van der Waals surface area contributed by atoms with Crippen LogP contribution in [0.3, 0.4) is 0 Å². The molecular formula is C15H20N2O2S. The predicted molar refractivity (Wildman–Crippen MR) is 80.8 cm³/mol. The van der Waals surface area contributed by atoms with E-state index in [2.05, 4.69) is 29.2 Å². The van der Waals surface area contributed by atoms with Gasteiger partial charge in [-0.15, -0.1) is 11.8 Å². The summed E-state index contributed by atoms with van der Waals surface area (Å²) in [6.45, 7) is 5.87. The maximum atomic E-state index is 9.71. The lowest BCUT2D eigenvalue weighted by atomic mass is 10.0. The van der Waals surface area contributed by atoms with E-state index in [4.69, 9.17) is 4.52 Å². The van der Waals surface area contributed by atoms with Crippen LogP contribution in [-0.2, 0) is 0 Å². The summed E-state index contributed by atoms with van der Waals surface area (Å²) in [7, 11) is 0. The highest BCUT2D eigenvalue weighted by Gasteiger charge is 2.22. The molecule has 2 unspecified atom stereocenters. The third kappa shape index (κ3) is 3.41. The molecule has 20 heavy (non-hydrogen) atoms. The Morgan fingerprint density at radius 2 is 1.95 bits per heavy atom. The standard InChI is InChI=1S/C15H20N2O2S/c1-4-13(10(3)18)15-16-14(17-19-15)11-6-8-12(9-7-11)20-5-2/h6-10,13,18H,4-5H2,1-3H3. The Hall–Kier alpha value is -1.33. The first-order valence-electron chi connectivity index (χ1n) is 6.90. The number of benzene rings is 1. The molecule has 1 heterocycles. The highest BCUT2D eigenvalue weighted by molar-refractivity contribution is 7.99. The van der Waals surface area contributed by atoms with Crippen LogP contribution in [0.2, 0.25) is 0 Å². The normalized spacial score (nSPS) is 14.2. The summed E-state index contributed by atoms with van der Waals surface area (Å²) in [4.78, 5) is 5.64. The van der Waals surface area contributed by atoms with Crippen LogP contribution in [0.15, 0.2) is 33.7 Å². The van der Waals surface area contributed by atoms with Crippen molar-refractivity contribution in [3.63, 3.8) is 0 Å². The zero-order chi connectivity index (χ0) is 14.5. The van der Waals surface area contributed by atoms with Crippen molar-refractivity contribution < 1.29 is 9.63 Å². The molecule has 0 bridgehead atoms. The van der Waals surface area contributed by atoms with Crippen LogP contribution in [-0.4, -0.2) is 27.1 Å². The van der Waals surface area contributed by atoms with Gasteiger partial charge in [0, 0.05) is 10.5 Å².